The summed E-state index contributed by atoms with van der Waals surface area (Å²) in [4.78, 5) is 8.61. The largest absolute Gasteiger partial charge is 0.497 e. The molecule has 0 amide bonds. The monoisotopic (exact) mass is 492 g/mol. The summed E-state index contributed by atoms with van der Waals surface area (Å²) in [5, 5.41) is 10.8. The fourth-order valence-electron chi connectivity index (χ4n) is 2.58. The number of rotatable bonds is 7. The maximum absolute atomic E-state index is 5.26. The van der Waals surface area contributed by atoms with Crippen molar-refractivity contribution in [2.24, 2.45) is 4.99 Å². The quantitative estimate of drug-likeness (QED) is 0.301. The van der Waals surface area contributed by atoms with Crippen LogP contribution in [-0.2, 0) is 13.1 Å². The molecule has 1 aromatic heterocycles. The smallest absolute Gasteiger partial charge is 0.191 e. The van der Waals surface area contributed by atoms with Gasteiger partial charge in [-0.25, -0.2) is 14.7 Å². The number of benzene rings is 2. The minimum atomic E-state index is 0. The zero-order valence-corrected chi connectivity index (χ0v) is 18.3. The highest BCUT2D eigenvalue weighted by Gasteiger charge is 2.01. The molecule has 0 radical (unpaired) electrons. The zero-order valence-electron chi connectivity index (χ0n) is 16.0. The molecule has 1 heterocycles. The van der Waals surface area contributed by atoms with Crippen LogP contribution in [0.4, 0.5) is 0 Å². The van der Waals surface area contributed by atoms with E-state index in [1.54, 1.807) is 18.1 Å². The maximum atomic E-state index is 5.26. The van der Waals surface area contributed by atoms with Gasteiger partial charge in [0.1, 0.15) is 18.4 Å². The highest BCUT2D eigenvalue weighted by Crippen LogP contribution is 2.13. The van der Waals surface area contributed by atoms with Gasteiger partial charge in [-0.3, -0.25) is 0 Å². The molecule has 0 saturated carbocycles. The van der Waals surface area contributed by atoms with Gasteiger partial charge in [-0.1, -0.05) is 24.3 Å². The second kappa shape index (κ2) is 11.3. The van der Waals surface area contributed by atoms with Gasteiger partial charge in [0.25, 0.3) is 0 Å². The fraction of sp³-hybridized carbons (Fsp3) is 0.250. The summed E-state index contributed by atoms with van der Waals surface area (Å²) in [5.74, 6) is 1.62. The van der Waals surface area contributed by atoms with Crippen LogP contribution in [0.15, 0.2) is 66.2 Å². The third kappa shape index (κ3) is 6.22. The molecule has 0 aliphatic carbocycles. The number of methoxy groups -OCH3 is 1. The number of hydrogen-bond acceptors (Lipinski definition) is 4. The highest BCUT2D eigenvalue weighted by molar-refractivity contribution is 14.0. The molecule has 0 bridgehead atoms. The van der Waals surface area contributed by atoms with Gasteiger partial charge >= 0.3 is 0 Å². The van der Waals surface area contributed by atoms with Crippen molar-refractivity contribution in [2.45, 2.75) is 20.0 Å². The van der Waals surface area contributed by atoms with Crippen LogP contribution in [0.2, 0.25) is 0 Å². The number of guanidine groups is 1. The van der Waals surface area contributed by atoms with Crippen molar-refractivity contribution >= 4 is 29.9 Å². The molecule has 7 nitrogen and oxygen atoms in total. The van der Waals surface area contributed by atoms with Crippen LogP contribution < -0.4 is 15.4 Å². The van der Waals surface area contributed by atoms with Gasteiger partial charge in [0.2, 0.25) is 0 Å². The Balaban J connectivity index is 0.00000280. The molecule has 148 valence electrons. The van der Waals surface area contributed by atoms with E-state index in [1.165, 1.54) is 6.33 Å². The second-order valence-corrected chi connectivity index (χ2v) is 5.91. The summed E-state index contributed by atoms with van der Waals surface area (Å²) < 4.78 is 6.99. The Labute approximate surface area is 182 Å². The normalized spacial score (nSPS) is 10.9. The lowest BCUT2D eigenvalue weighted by Gasteiger charge is -2.12. The van der Waals surface area contributed by atoms with Crippen LogP contribution in [0, 0.1) is 0 Å². The number of aromatic nitrogens is 3. The molecule has 8 heteroatoms. The predicted molar refractivity (Wildman–Crippen MR) is 121 cm³/mol. The molecule has 0 fully saturated rings. The minimum absolute atomic E-state index is 0. The van der Waals surface area contributed by atoms with E-state index in [9.17, 15) is 0 Å². The lowest BCUT2D eigenvalue weighted by atomic mass is 10.2. The van der Waals surface area contributed by atoms with Gasteiger partial charge < -0.3 is 15.4 Å². The first-order valence-corrected chi connectivity index (χ1v) is 8.87. The highest BCUT2D eigenvalue weighted by atomic mass is 127. The lowest BCUT2D eigenvalue weighted by molar-refractivity contribution is 0.414. The molecule has 2 N–H and O–H groups in total. The molecule has 0 unspecified atom stereocenters. The van der Waals surface area contributed by atoms with Crippen LogP contribution in [0.5, 0.6) is 5.75 Å². The van der Waals surface area contributed by atoms with Crippen molar-refractivity contribution in [3.63, 3.8) is 0 Å². The van der Waals surface area contributed by atoms with Crippen molar-refractivity contribution < 1.29 is 4.74 Å². The Morgan fingerprint density at radius 1 is 1.11 bits per heavy atom. The average Bonchev–Trinajstić information content (AvgIpc) is 3.25. The third-order valence-corrected chi connectivity index (χ3v) is 3.98. The van der Waals surface area contributed by atoms with Crippen LogP contribution >= 0.6 is 24.0 Å². The van der Waals surface area contributed by atoms with E-state index in [2.05, 4.69) is 44.8 Å². The first-order chi connectivity index (χ1) is 13.3. The molecule has 3 aromatic rings. The van der Waals surface area contributed by atoms with E-state index in [0.717, 1.165) is 35.1 Å². The van der Waals surface area contributed by atoms with E-state index in [1.807, 2.05) is 36.4 Å². The van der Waals surface area contributed by atoms with Crippen molar-refractivity contribution in [3.05, 3.63) is 72.3 Å². The standard InChI is InChI=1S/C20H24N6O.HI/c1-3-22-20(24-13-17-5-4-6-19(11-17)27-2)23-12-16-7-9-18(10-8-16)26-15-21-14-25-26;/h4-11,14-15H,3,12-13H2,1-2H3,(H2,22,23,24);1H. The number of nitrogens with zero attached hydrogens (tertiary/aromatic N) is 4. The second-order valence-electron chi connectivity index (χ2n) is 5.91. The van der Waals surface area contributed by atoms with Crippen LogP contribution in [0.1, 0.15) is 18.1 Å². The summed E-state index contributed by atoms with van der Waals surface area (Å²) >= 11 is 0. The summed E-state index contributed by atoms with van der Waals surface area (Å²) in [6.45, 7) is 4.12. The Kier molecular flexibility index (Phi) is 8.73. The molecular weight excluding hydrogens is 467 g/mol. The molecular formula is C20H25IN6O. The van der Waals surface area contributed by atoms with Gasteiger partial charge in [-0.15, -0.1) is 24.0 Å². The Hall–Kier alpha value is -2.62. The summed E-state index contributed by atoms with van der Waals surface area (Å²) in [6, 6.07) is 16.1. The number of halogens is 1. The number of ether oxygens (including phenoxy) is 1. The van der Waals surface area contributed by atoms with Crippen molar-refractivity contribution in [1.82, 2.24) is 25.4 Å². The summed E-state index contributed by atoms with van der Waals surface area (Å²) in [5.41, 5.74) is 3.24. The van der Waals surface area contributed by atoms with E-state index < -0.39 is 0 Å². The van der Waals surface area contributed by atoms with Gasteiger partial charge in [0.05, 0.1) is 19.3 Å². The Morgan fingerprint density at radius 2 is 1.93 bits per heavy atom. The molecule has 0 saturated heterocycles. The topological polar surface area (TPSA) is 76.4 Å². The lowest BCUT2D eigenvalue weighted by Crippen LogP contribution is -2.36. The molecule has 0 spiro atoms. The van der Waals surface area contributed by atoms with Gasteiger partial charge in [0, 0.05) is 13.1 Å². The first-order valence-electron chi connectivity index (χ1n) is 8.87. The number of nitrogens with one attached hydrogen (secondary N) is 2. The number of aliphatic imine (C=N–C) groups is 1. The molecule has 3 rings (SSSR count). The van der Waals surface area contributed by atoms with E-state index in [4.69, 9.17) is 4.74 Å². The van der Waals surface area contributed by atoms with Crippen molar-refractivity contribution in [2.75, 3.05) is 13.7 Å². The van der Waals surface area contributed by atoms with Crippen molar-refractivity contribution in [3.8, 4) is 11.4 Å². The SMILES string of the molecule is CCNC(=NCc1cccc(OC)c1)NCc1ccc(-n2cncn2)cc1.I. The summed E-state index contributed by atoms with van der Waals surface area (Å²) in [6.07, 6.45) is 3.21. The maximum Gasteiger partial charge on any atom is 0.191 e. The fourth-order valence-corrected chi connectivity index (χ4v) is 2.58. The minimum Gasteiger partial charge on any atom is -0.497 e. The van der Waals surface area contributed by atoms with E-state index >= 15 is 0 Å². The molecule has 0 aliphatic heterocycles. The predicted octanol–water partition coefficient (Wildman–Crippen LogP) is 3.15. The zero-order chi connectivity index (χ0) is 18.9. The van der Waals surface area contributed by atoms with Gasteiger partial charge in [0.15, 0.2) is 5.96 Å². The number of hydrogen-bond donors (Lipinski definition) is 2. The van der Waals surface area contributed by atoms with Gasteiger partial charge in [-0.05, 0) is 42.3 Å². The molecule has 2 aromatic carbocycles. The Bertz CT molecular complexity index is 865. The Morgan fingerprint density at radius 3 is 2.61 bits per heavy atom. The summed E-state index contributed by atoms with van der Waals surface area (Å²) in [7, 11) is 1.67. The first kappa shape index (κ1) is 21.7. The molecule has 0 aliphatic rings. The average molecular weight is 492 g/mol. The van der Waals surface area contributed by atoms with E-state index in [-0.39, 0.29) is 24.0 Å². The third-order valence-electron chi connectivity index (χ3n) is 3.98. The van der Waals surface area contributed by atoms with Crippen molar-refractivity contribution in [1.29, 1.82) is 0 Å². The van der Waals surface area contributed by atoms with E-state index in [0.29, 0.717) is 13.1 Å². The van der Waals surface area contributed by atoms with Crippen LogP contribution in [-0.4, -0.2) is 34.4 Å². The van der Waals surface area contributed by atoms with Gasteiger partial charge in [-0.2, -0.15) is 5.10 Å². The molecule has 0 atom stereocenters. The van der Waals surface area contributed by atoms with Crippen LogP contribution in [0.25, 0.3) is 5.69 Å². The van der Waals surface area contributed by atoms with Crippen LogP contribution in [0.3, 0.4) is 0 Å². The molecule has 28 heavy (non-hydrogen) atoms.